The number of nitrogens with zero attached hydrogens (tertiary/aromatic N) is 2. The summed E-state index contributed by atoms with van der Waals surface area (Å²) in [6, 6.07) is 2.02. The number of ether oxygens (including phenoxy) is 1. The molecule has 118 valence electrons. The van der Waals surface area contributed by atoms with Gasteiger partial charge in [0.25, 0.3) is 5.56 Å². The van der Waals surface area contributed by atoms with Crippen molar-refractivity contribution in [1.29, 1.82) is 0 Å². The Hall–Kier alpha value is -1.17. The number of pyridine rings is 1. The van der Waals surface area contributed by atoms with Crippen molar-refractivity contribution in [3.63, 3.8) is 0 Å². The van der Waals surface area contributed by atoms with Crippen LogP contribution in [0.4, 0.5) is 0 Å². The number of rotatable bonds is 7. The summed E-state index contributed by atoms with van der Waals surface area (Å²) < 4.78 is 7.04. The molecule has 0 unspecified atom stereocenters. The SMILES string of the molecule is CCCN1CCc2c(cc(CN)c(=O)n2CCCOC)C1. The van der Waals surface area contributed by atoms with E-state index in [1.165, 1.54) is 11.3 Å². The lowest BCUT2D eigenvalue weighted by Crippen LogP contribution is -2.37. The highest BCUT2D eigenvalue weighted by Crippen LogP contribution is 2.19. The zero-order valence-electron chi connectivity index (χ0n) is 13.2. The van der Waals surface area contributed by atoms with Gasteiger partial charge in [0.05, 0.1) is 0 Å². The Morgan fingerprint density at radius 3 is 2.86 bits per heavy atom. The molecule has 0 bridgehead atoms. The minimum atomic E-state index is 0.0799. The number of methoxy groups -OCH3 is 1. The molecule has 0 saturated carbocycles. The zero-order chi connectivity index (χ0) is 15.2. The smallest absolute Gasteiger partial charge is 0.255 e. The molecule has 1 aliphatic heterocycles. The Labute approximate surface area is 126 Å². The molecule has 0 radical (unpaired) electrons. The Balaban J connectivity index is 2.31. The molecular weight excluding hydrogens is 266 g/mol. The van der Waals surface area contributed by atoms with Gasteiger partial charge in [0.15, 0.2) is 0 Å². The van der Waals surface area contributed by atoms with Gasteiger partial charge in [0.1, 0.15) is 0 Å². The van der Waals surface area contributed by atoms with E-state index in [2.05, 4.69) is 11.8 Å². The first-order chi connectivity index (χ1) is 10.2. The molecule has 0 amide bonds. The van der Waals surface area contributed by atoms with Gasteiger partial charge in [-0.05, 0) is 31.0 Å². The first kappa shape index (κ1) is 16.2. The summed E-state index contributed by atoms with van der Waals surface area (Å²) in [5.41, 5.74) is 9.02. The molecule has 2 rings (SSSR count). The second kappa shape index (κ2) is 7.73. The summed E-state index contributed by atoms with van der Waals surface area (Å²) in [5.74, 6) is 0. The monoisotopic (exact) mass is 293 g/mol. The molecule has 1 aromatic rings. The van der Waals surface area contributed by atoms with E-state index in [1.54, 1.807) is 7.11 Å². The van der Waals surface area contributed by atoms with E-state index in [9.17, 15) is 4.79 Å². The third kappa shape index (κ3) is 3.73. The first-order valence-electron chi connectivity index (χ1n) is 7.87. The van der Waals surface area contributed by atoms with E-state index in [0.29, 0.717) is 13.2 Å². The molecule has 0 spiro atoms. The van der Waals surface area contributed by atoms with Crippen LogP contribution in [-0.2, 0) is 30.8 Å². The van der Waals surface area contributed by atoms with Crippen LogP contribution in [0.25, 0.3) is 0 Å². The maximum atomic E-state index is 12.5. The Bertz CT molecular complexity index is 525. The zero-order valence-corrected chi connectivity index (χ0v) is 13.2. The molecule has 1 aliphatic rings. The van der Waals surface area contributed by atoms with Crippen LogP contribution in [-0.4, -0.2) is 36.3 Å². The highest BCUT2D eigenvalue weighted by atomic mass is 16.5. The molecule has 21 heavy (non-hydrogen) atoms. The fourth-order valence-electron chi connectivity index (χ4n) is 3.10. The number of hydrogen-bond donors (Lipinski definition) is 1. The Morgan fingerprint density at radius 2 is 2.19 bits per heavy atom. The van der Waals surface area contributed by atoms with Crippen LogP contribution in [0.15, 0.2) is 10.9 Å². The van der Waals surface area contributed by atoms with Gasteiger partial charge < -0.3 is 15.0 Å². The summed E-state index contributed by atoms with van der Waals surface area (Å²) in [6.45, 7) is 6.98. The summed E-state index contributed by atoms with van der Waals surface area (Å²) >= 11 is 0. The van der Waals surface area contributed by atoms with E-state index >= 15 is 0 Å². The number of fused-ring (bicyclic) bond motifs is 1. The van der Waals surface area contributed by atoms with Crippen molar-refractivity contribution in [2.24, 2.45) is 5.73 Å². The number of hydrogen-bond acceptors (Lipinski definition) is 4. The van der Waals surface area contributed by atoms with Crippen molar-refractivity contribution >= 4 is 0 Å². The van der Waals surface area contributed by atoms with E-state index < -0.39 is 0 Å². The van der Waals surface area contributed by atoms with Crippen LogP contribution >= 0.6 is 0 Å². The van der Waals surface area contributed by atoms with Crippen LogP contribution in [0.5, 0.6) is 0 Å². The van der Waals surface area contributed by atoms with Crippen molar-refractivity contribution in [3.8, 4) is 0 Å². The van der Waals surface area contributed by atoms with Gasteiger partial charge in [-0.1, -0.05) is 6.92 Å². The van der Waals surface area contributed by atoms with Crippen molar-refractivity contribution in [2.75, 3.05) is 26.8 Å². The number of aromatic nitrogens is 1. The second-order valence-corrected chi connectivity index (χ2v) is 5.67. The minimum Gasteiger partial charge on any atom is -0.385 e. The van der Waals surface area contributed by atoms with E-state index in [-0.39, 0.29) is 5.56 Å². The predicted molar refractivity (Wildman–Crippen MR) is 84.4 cm³/mol. The average molecular weight is 293 g/mol. The van der Waals surface area contributed by atoms with Gasteiger partial charge in [-0.25, -0.2) is 0 Å². The quantitative estimate of drug-likeness (QED) is 0.765. The third-order valence-electron chi connectivity index (χ3n) is 4.11. The van der Waals surface area contributed by atoms with Crippen molar-refractivity contribution in [3.05, 3.63) is 33.2 Å². The number of nitrogens with two attached hydrogens (primary N) is 1. The van der Waals surface area contributed by atoms with Gasteiger partial charge in [-0.3, -0.25) is 9.69 Å². The predicted octanol–water partition coefficient (Wildman–Crippen LogP) is 1.11. The highest BCUT2D eigenvalue weighted by molar-refractivity contribution is 5.29. The molecule has 2 N–H and O–H groups in total. The van der Waals surface area contributed by atoms with Crippen LogP contribution in [0, 0.1) is 0 Å². The standard InChI is InChI=1S/C16H27N3O2/c1-3-6-18-8-5-15-14(12-18)10-13(11-17)16(20)19(15)7-4-9-21-2/h10H,3-9,11-12,17H2,1-2H3. The molecule has 2 heterocycles. The molecule has 5 nitrogen and oxygen atoms in total. The molecule has 5 heteroatoms. The molecule has 0 atom stereocenters. The Morgan fingerprint density at radius 1 is 1.38 bits per heavy atom. The maximum absolute atomic E-state index is 12.5. The summed E-state index contributed by atoms with van der Waals surface area (Å²) in [5, 5.41) is 0. The topological polar surface area (TPSA) is 60.5 Å². The molecule has 0 saturated heterocycles. The van der Waals surface area contributed by atoms with Gasteiger partial charge in [0, 0.05) is 57.6 Å². The van der Waals surface area contributed by atoms with Crippen molar-refractivity contribution < 1.29 is 4.74 Å². The van der Waals surface area contributed by atoms with Crippen LogP contribution < -0.4 is 11.3 Å². The normalized spacial score (nSPS) is 15.2. The van der Waals surface area contributed by atoms with Crippen molar-refractivity contribution in [1.82, 2.24) is 9.47 Å². The van der Waals surface area contributed by atoms with E-state index in [1.807, 2.05) is 10.6 Å². The first-order valence-corrected chi connectivity index (χ1v) is 7.87. The summed E-state index contributed by atoms with van der Waals surface area (Å²) in [4.78, 5) is 15.0. The minimum absolute atomic E-state index is 0.0799. The van der Waals surface area contributed by atoms with Crippen molar-refractivity contribution in [2.45, 2.75) is 45.8 Å². The largest absolute Gasteiger partial charge is 0.385 e. The molecule has 0 aromatic carbocycles. The van der Waals surface area contributed by atoms with E-state index in [0.717, 1.165) is 51.0 Å². The molecule has 0 fully saturated rings. The van der Waals surface area contributed by atoms with Crippen LogP contribution in [0.3, 0.4) is 0 Å². The lowest BCUT2D eigenvalue weighted by atomic mass is 10.0. The highest BCUT2D eigenvalue weighted by Gasteiger charge is 2.20. The summed E-state index contributed by atoms with van der Waals surface area (Å²) in [7, 11) is 1.69. The van der Waals surface area contributed by atoms with Gasteiger partial charge >= 0.3 is 0 Å². The second-order valence-electron chi connectivity index (χ2n) is 5.67. The van der Waals surface area contributed by atoms with Gasteiger partial charge in [-0.15, -0.1) is 0 Å². The van der Waals surface area contributed by atoms with Gasteiger partial charge in [0.2, 0.25) is 0 Å². The average Bonchev–Trinajstić information content (AvgIpc) is 2.49. The fraction of sp³-hybridized carbons (Fsp3) is 0.688. The molecule has 1 aromatic heterocycles. The van der Waals surface area contributed by atoms with Gasteiger partial charge in [-0.2, -0.15) is 0 Å². The van der Waals surface area contributed by atoms with E-state index in [4.69, 9.17) is 10.5 Å². The molecular formula is C16H27N3O2. The molecule has 0 aliphatic carbocycles. The third-order valence-corrected chi connectivity index (χ3v) is 4.11. The summed E-state index contributed by atoms with van der Waals surface area (Å²) in [6.07, 6.45) is 2.96. The fourth-order valence-corrected chi connectivity index (χ4v) is 3.10. The maximum Gasteiger partial charge on any atom is 0.255 e. The van der Waals surface area contributed by atoms with Crippen LogP contribution in [0.2, 0.25) is 0 Å². The lowest BCUT2D eigenvalue weighted by molar-refractivity contribution is 0.188. The van der Waals surface area contributed by atoms with Crippen LogP contribution in [0.1, 0.15) is 36.6 Å². The Kier molecular flexibility index (Phi) is 5.96. The lowest BCUT2D eigenvalue weighted by Gasteiger charge is -2.30.